The lowest BCUT2D eigenvalue weighted by Gasteiger charge is -2.15. The topological polar surface area (TPSA) is 69.9 Å². The van der Waals surface area contributed by atoms with Gasteiger partial charge in [-0.2, -0.15) is 0 Å². The zero-order chi connectivity index (χ0) is 14.2. The van der Waals surface area contributed by atoms with Crippen molar-refractivity contribution in [3.63, 3.8) is 0 Å². The minimum absolute atomic E-state index is 0.0278. The smallest absolute Gasteiger partial charge is 0.0698 e. The van der Waals surface area contributed by atoms with Gasteiger partial charge in [-0.3, -0.25) is 0 Å². The molecule has 4 heteroatoms. The van der Waals surface area contributed by atoms with Gasteiger partial charge >= 0.3 is 0 Å². The molecule has 0 aromatic rings. The Balaban J connectivity index is 0. The minimum Gasteiger partial charge on any atom is -0.394 e. The van der Waals surface area contributed by atoms with E-state index in [1.807, 2.05) is 6.92 Å². The first-order chi connectivity index (χ1) is 8.62. The lowest BCUT2D eigenvalue weighted by Crippen LogP contribution is -2.09. The minimum atomic E-state index is -0.114. The Morgan fingerprint density at radius 1 is 1.06 bits per heavy atom. The molecule has 0 spiro atoms. The zero-order valence-corrected chi connectivity index (χ0v) is 12.3. The summed E-state index contributed by atoms with van der Waals surface area (Å²) in [5.74, 6) is 0.745. The lowest BCUT2D eigenvalue weighted by molar-refractivity contribution is 0.0650. The predicted octanol–water partition coefficient (Wildman–Crippen LogP) is 1.96. The summed E-state index contributed by atoms with van der Waals surface area (Å²) in [6, 6.07) is 0. The fourth-order valence-corrected chi connectivity index (χ4v) is 1.70. The largest absolute Gasteiger partial charge is 0.394 e. The standard InChI is InChI=1S/C10H22O.C4H10O3/c1-4-6-7-10(5-2)8-9(3)11;5-1-3-7-4-2-6/h9-11H,4-8H2,1-3H3;5-6H,1-4H2. The predicted molar refractivity (Wildman–Crippen MR) is 74.6 cm³/mol. The highest BCUT2D eigenvalue weighted by Crippen LogP contribution is 2.17. The van der Waals surface area contributed by atoms with Gasteiger partial charge in [-0.25, -0.2) is 0 Å². The summed E-state index contributed by atoms with van der Waals surface area (Å²) < 4.78 is 4.63. The van der Waals surface area contributed by atoms with Crippen molar-refractivity contribution >= 4 is 0 Å². The zero-order valence-electron chi connectivity index (χ0n) is 12.3. The summed E-state index contributed by atoms with van der Waals surface area (Å²) in [4.78, 5) is 0. The molecule has 0 radical (unpaired) electrons. The average Bonchev–Trinajstić information content (AvgIpc) is 2.35. The number of hydrogen-bond acceptors (Lipinski definition) is 4. The van der Waals surface area contributed by atoms with Crippen molar-refractivity contribution in [3.05, 3.63) is 0 Å². The molecule has 0 heterocycles. The highest BCUT2D eigenvalue weighted by atomic mass is 16.5. The molecule has 0 fully saturated rings. The van der Waals surface area contributed by atoms with E-state index >= 15 is 0 Å². The van der Waals surface area contributed by atoms with Crippen molar-refractivity contribution < 1.29 is 20.1 Å². The van der Waals surface area contributed by atoms with E-state index in [4.69, 9.17) is 15.3 Å². The van der Waals surface area contributed by atoms with Crippen LogP contribution in [0.2, 0.25) is 0 Å². The molecule has 0 bridgehead atoms. The number of aliphatic hydroxyl groups is 3. The van der Waals surface area contributed by atoms with Crippen LogP contribution in [0.5, 0.6) is 0 Å². The summed E-state index contributed by atoms with van der Waals surface area (Å²) in [6.07, 6.45) is 5.96. The van der Waals surface area contributed by atoms with E-state index in [-0.39, 0.29) is 19.3 Å². The molecule has 0 aliphatic rings. The maximum atomic E-state index is 9.15. The molecule has 0 aliphatic carbocycles. The van der Waals surface area contributed by atoms with Crippen molar-refractivity contribution in [3.8, 4) is 0 Å². The summed E-state index contributed by atoms with van der Waals surface area (Å²) in [7, 11) is 0. The highest BCUT2D eigenvalue weighted by molar-refractivity contribution is 4.60. The van der Waals surface area contributed by atoms with Gasteiger partial charge < -0.3 is 20.1 Å². The highest BCUT2D eigenvalue weighted by Gasteiger charge is 2.08. The Hall–Kier alpha value is -0.160. The van der Waals surface area contributed by atoms with Crippen LogP contribution >= 0.6 is 0 Å². The monoisotopic (exact) mass is 264 g/mol. The van der Waals surface area contributed by atoms with Gasteiger partial charge in [0.2, 0.25) is 0 Å². The van der Waals surface area contributed by atoms with Crippen LogP contribution in [0.1, 0.15) is 52.9 Å². The van der Waals surface area contributed by atoms with Crippen molar-refractivity contribution in [1.82, 2.24) is 0 Å². The molecule has 0 aliphatic heterocycles. The van der Waals surface area contributed by atoms with Gasteiger partial charge in [-0.15, -0.1) is 0 Å². The third kappa shape index (κ3) is 18.2. The number of hydrogen-bond donors (Lipinski definition) is 3. The SMILES string of the molecule is CCCCC(CC)CC(C)O.OCCOCCO. The molecule has 0 saturated carbocycles. The van der Waals surface area contributed by atoms with Crippen molar-refractivity contribution in [2.45, 2.75) is 59.0 Å². The summed E-state index contributed by atoms with van der Waals surface area (Å²) in [5.41, 5.74) is 0. The Morgan fingerprint density at radius 3 is 1.94 bits per heavy atom. The number of unbranched alkanes of at least 4 members (excludes halogenated alkanes) is 1. The third-order valence-corrected chi connectivity index (χ3v) is 2.69. The molecule has 0 saturated heterocycles. The van der Waals surface area contributed by atoms with Crippen LogP contribution in [-0.4, -0.2) is 47.9 Å². The van der Waals surface area contributed by atoms with Gasteiger partial charge in [0.25, 0.3) is 0 Å². The second-order valence-electron chi connectivity index (χ2n) is 4.56. The first-order valence-corrected chi connectivity index (χ1v) is 7.09. The van der Waals surface area contributed by atoms with Crippen LogP contribution in [0, 0.1) is 5.92 Å². The van der Waals surface area contributed by atoms with Gasteiger partial charge in [0.05, 0.1) is 32.5 Å². The van der Waals surface area contributed by atoms with E-state index in [1.165, 1.54) is 25.7 Å². The van der Waals surface area contributed by atoms with Crippen LogP contribution in [0.15, 0.2) is 0 Å². The molecule has 3 N–H and O–H groups in total. The van der Waals surface area contributed by atoms with Gasteiger partial charge in [0.15, 0.2) is 0 Å². The third-order valence-electron chi connectivity index (χ3n) is 2.69. The van der Waals surface area contributed by atoms with E-state index in [9.17, 15) is 0 Å². The Morgan fingerprint density at radius 2 is 1.61 bits per heavy atom. The fraction of sp³-hybridized carbons (Fsp3) is 1.00. The first-order valence-electron chi connectivity index (χ1n) is 7.09. The Labute approximate surface area is 112 Å². The van der Waals surface area contributed by atoms with Gasteiger partial charge in [-0.1, -0.05) is 39.5 Å². The van der Waals surface area contributed by atoms with Crippen LogP contribution in [0.4, 0.5) is 0 Å². The van der Waals surface area contributed by atoms with E-state index in [0.29, 0.717) is 13.2 Å². The Kier molecular flexibility index (Phi) is 18.9. The quantitative estimate of drug-likeness (QED) is 0.528. The van der Waals surface area contributed by atoms with Crippen molar-refractivity contribution in [2.75, 3.05) is 26.4 Å². The molecule has 0 aromatic carbocycles. The molecule has 0 aromatic heterocycles. The van der Waals surface area contributed by atoms with Crippen molar-refractivity contribution in [1.29, 1.82) is 0 Å². The number of ether oxygens (including phenoxy) is 1. The van der Waals surface area contributed by atoms with E-state index < -0.39 is 0 Å². The molecular weight excluding hydrogens is 232 g/mol. The second kappa shape index (κ2) is 16.8. The maximum absolute atomic E-state index is 9.15. The molecule has 112 valence electrons. The van der Waals surface area contributed by atoms with Crippen LogP contribution in [0.25, 0.3) is 0 Å². The Bertz CT molecular complexity index is 136. The fourth-order valence-electron chi connectivity index (χ4n) is 1.70. The first kappa shape index (κ1) is 20.2. The van der Waals surface area contributed by atoms with Crippen molar-refractivity contribution in [2.24, 2.45) is 5.92 Å². The molecule has 18 heavy (non-hydrogen) atoms. The van der Waals surface area contributed by atoms with Crippen LogP contribution in [-0.2, 0) is 4.74 Å². The van der Waals surface area contributed by atoms with E-state index in [2.05, 4.69) is 18.6 Å². The van der Waals surface area contributed by atoms with Gasteiger partial charge in [0, 0.05) is 0 Å². The van der Waals surface area contributed by atoms with Crippen LogP contribution < -0.4 is 0 Å². The van der Waals surface area contributed by atoms with E-state index in [0.717, 1.165) is 12.3 Å². The molecular formula is C14H32O4. The maximum Gasteiger partial charge on any atom is 0.0698 e. The van der Waals surface area contributed by atoms with E-state index in [1.54, 1.807) is 0 Å². The van der Waals surface area contributed by atoms with Gasteiger partial charge in [0.1, 0.15) is 0 Å². The molecule has 2 atom stereocenters. The summed E-state index contributed by atoms with van der Waals surface area (Å²) >= 11 is 0. The summed E-state index contributed by atoms with van der Waals surface area (Å²) in [6.45, 7) is 7.01. The van der Waals surface area contributed by atoms with Gasteiger partial charge in [-0.05, 0) is 19.3 Å². The normalized spacial score (nSPS) is 13.7. The molecule has 2 unspecified atom stereocenters. The van der Waals surface area contributed by atoms with Crippen LogP contribution in [0.3, 0.4) is 0 Å². The molecule has 4 nitrogen and oxygen atoms in total. The lowest BCUT2D eigenvalue weighted by atomic mass is 9.94. The summed E-state index contributed by atoms with van der Waals surface area (Å²) in [5, 5.41) is 25.3. The molecule has 0 rings (SSSR count). The second-order valence-corrected chi connectivity index (χ2v) is 4.56. The average molecular weight is 264 g/mol. The molecule has 0 amide bonds. The number of rotatable bonds is 10. The number of aliphatic hydroxyl groups excluding tert-OH is 3.